The number of para-hydroxylation sites is 2. The molecule has 0 saturated heterocycles. The Morgan fingerprint density at radius 3 is 2.56 bits per heavy atom. The Morgan fingerprint density at radius 1 is 1.06 bits per heavy atom. The first-order valence-corrected chi connectivity index (χ1v) is 10.0. The summed E-state index contributed by atoms with van der Waals surface area (Å²) in [5.74, 6) is 0.299. The van der Waals surface area contributed by atoms with Gasteiger partial charge in [0.1, 0.15) is 22.7 Å². The van der Waals surface area contributed by atoms with E-state index in [1.54, 1.807) is 18.4 Å². The van der Waals surface area contributed by atoms with Crippen LogP contribution in [0.15, 0.2) is 70.4 Å². The summed E-state index contributed by atoms with van der Waals surface area (Å²) in [6.07, 6.45) is 3.06. The lowest BCUT2D eigenvalue weighted by Gasteiger charge is -2.08. The van der Waals surface area contributed by atoms with E-state index in [9.17, 15) is 4.79 Å². The Labute approximate surface area is 183 Å². The van der Waals surface area contributed by atoms with E-state index in [0.29, 0.717) is 33.6 Å². The smallest absolute Gasteiger partial charge is 0.261 e. The first-order valence-electron chi connectivity index (χ1n) is 10.0. The molecule has 0 aliphatic heterocycles. The Morgan fingerprint density at radius 2 is 1.84 bits per heavy atom. The number of nitrogens with two attached hydrogens (primary N) is 1. The third-order valence-corrected chi connectivity index (χ3v) is 5.31. The summed E-state index contributed by atoms with van der Waals surface area (Å²) in [5.41, 5.74) is 11.6. The summed E-state index contributed by atoms with van der Waals surface area (Å²) in [4.78, 5) is 22.6. The maximum absolute atomic E-state index is 13.3. The van der Waals surface area contributed by atoms with Gasteiger partial charge in [0.05, 0.1) is 23.5 Å². The number of aromatic nitrogens is 3. The number of benzene rings is 2. The molecule has 158 valence electrons. The summed E-state index contributed by atoms with van der Waals surface area (Å²) >= 11 is 0. The summed E-state index contributed by atoms with van der Waals surface area (Å²) in [7, 11) is 0. The van der Waals surface area contributed by atoms with E-state index in [1.165, 1.54) is 10.9 Å². The molecule has 1 amide bonds. The molecule has 0 saturated carbocycles. The fourth-order valence-electron chi connectivity index (χ4n) is 3.48. The topological polar surface area (TPSA) is 111 Å². The lowest BCUT2D eigenvalue weighted by Crippen LogP contribution is -2.14. The number of rotatable bonds is 4. The van der Waals surface area contributed by atoms with Crippen LogP contribution in [0, 0.1) is 13.8 Å². The van der Waals surface area contributed by atoms with Crippen molar-refractivity contribution in [3.05, 3.63) is 83.3 Å². The molecule has 8 nitrogen and oxygen atoms in total. The second kappa shape index (κ2) is 7.66. The van der Waals surface area contributed by atoms with E-state index in [1.807, 2.05) is 56.3 Å². The lowest BCUT2D eigenvalue weighted by molar-refractivity contribution is 0.102. The lowest BCUT2D eigenvalue weighted by atomic mass is 10.1. The van der Waals surface area contributed by atoms with Gasteiger partial charge in [-0.25, -0.2) is 9.97 Å². The SMILES string of the molecule is Cc1ccc(NC(=O)c2c(N)n(/N=C\c3ccco3)c3nc4ccccc4nc23)cc1C. The molecule has 5 aromatic rings. The zero-order chi connectivity index (χ0) is 22.2. The van der Waals surface area contributed by atoms with Gasteiger partial charge in [0.2, 0.25) is 0 Å². The van der Waals surface area contributed by atoms with E-state index >= 15 is 0 Å². The highest BCUT2D eigenvalue weighted by Crippen LogP contribution is 2.29. The van der Waals surface area contributed by atoms with Crippen molar-refractivity contribution in [2.45, 2.75) is 13.8 Å². The van der Waals surface area contributed by atoms with Gasteiger partial charge in [-0.15, -0.1) is 0 Å². The average Bonchev–Trinajstić information content (AvgIpc) is 3.39. The molecule has 0 radical (unpaired) electrons. The molecule has 0 bridgehead atoms. The molecule has 8 heteroatoms. The second-order valence-corrected chi connectivity index (χ2v) is 7.47. The number of fused-ring (bicyclic) bond motifs is 2. The van der Waals surface area contributed by atoms with Crippen LogP contribution in [0.2, 0.25) is 0 Å². The maximum Gasteiger partial charge on any atom is 0.261 e. The second-order valence-electron chi connectivity index (χ2n) is 7.47. The number of nitrogens with zero attached hydrogens (tertiary/aromatic N) is 4. The number of amides is 1. The van der Waals surface area contributed by atoms with Gasteiger partial charge in [-0.05, 0) is 61.4 Å². The summed E-state index contributed by atoms with van der Waals surface area (Å²) in [5, 5.41) is 7.33. The van der Waals surface area contributed by atoms with Crippen LogP contribution in [-0.4, -0.2) is 26.8 Å². The molecule has 0 spiro atoms. The van der Waals surface area contributed by atoms with Crippen molar-refractivity contribution in [2.75, 3.05) is 11.1 Å². The summed E-state index contributed by atoms with van der Waals surface area (Å²) in [6, 6.07) is 16.7. The fourth-order valence-corrected chi connectivity index (χ4v) is 3.48. The molecule has 0 atom stereocenters. The van der Waals surface area contributed by atoms with Crippen LogP contribution in [0.1, 0.15) is 27.2 Å². The van der Waals surface area contributed by atoms with Crippen molar-refractivity contribution >= 4 is 45.8 Å². The van der Waals surface area contributed by atoms with Crippen LogP contribution in [-0.2, 0) is 0 Å². The molecule has 0 unspecified atom stereocenters. The highest BCUT2D eigenvalue weighted by atomic mass is 16.3. The summed E-state index contributed by atoms with van der Waals surface area (Å²) in [6.45, 7) is 4.01. The standard InChI is InChI=1S/C24H20N6O2/c1-14-9-10-16(12-15(14)2)27-24(31)20-21-23(29-19-8-4-3-7-18(19)28-21)30(22(20)25)26-13-17-6-5-11-32-17/h3-13H,25H2,1-2H3,(H,27,31)/b26-13-. The van der Waals surface area contributed by atoms with Crippen LogP contribution in [0.3, 0.4) is 0 Å². The number of aryl methyl sites for hydroxylation is 2. The third-order valence-electron chi connectivity index (χ3n) is 5.31. The molecule has 3 heterocycles. The van der Waals surface area contributed by atoms with Crippen molar-refractivity contribution in [1.82, 2.24) is 14.6 Å². The van der Waals surface area contributed by atoms with E-state index in [4.69, 9.17) is 10.2 Å². The van der Waals surface area contributed by atoms with Crippen molar-refractivity contribution in [2.24, 2.45) is 5.10 Å². The number of hydrogen-bond donors (Lipinski definition) is 2. The van der Waals surface area contributed by atoms with Crippen LogP contribution in [0.4, 0.5) is 11.5 Å². The number of carbonyl (C=O) groups is 1. The van der Waals surface area contributed by atoms with Crippen LogP contribution in [0.25, 0.3) is 22.2 Å². The van der Waals surface area contributed by atoms with Crippen molar-refractivity contribution < 1.29 is 9.21 Å². The van der Waals surface area contributed by atoms with Gasteiger partial charge in [0.15, 0.2) is 5.65 Å². The third kappa shape index (κ3) is 3.37. The van der Waals surface area contributed by atoms with Gasteiger partial charge in [-0.1, -0.05) is 18.2 Å². The maximum atomic E-state index is 13.3. The normalized spacial score (nSPS) is 11.6. The molecule has 0 aliphatic rings. The number of nitrogen functional groups attached to an aromatic ring is 1. The Balaban J connectivity index is 1.66. The van der Waals surface area contributed by atoms with Crippen LogP contribution >= 0.6 is 0 Å². The number of carbonyl (C=O) groups excluding carboxylic acids is 1. The molecule has 3 N–H and O–H groups in total. The van der Waals surface area contributed by atoms with E-state index in [2.05, 4.69) is 20.4 Å². The first-order chi connectivity index (χ1) is 15.5. The van der Waals surface area contributed by atoms with Crippen molar-refractivity contribution in [3.63, 3.8) is 0 Å². The Bertz CT molecular complexity index is 1500. The molecule has 0 fully saturated rings. The van der Waals surface area contributed by atoms with Crippen LogP contribution < -0.4 is 11.1 Å². The quantitative estimate of drug-likeness (QED) is 0.412. The van der Waals surface area contributed by atoms with E-state index in [0.717, 1.165) is 11.1 Å². The van der Waals surface area contributed by atoms with Gasteiger partial charge >= 0.3 is 0 Å². The minimum absolute atomic E-state index is 0.138. The molecular formula is C24H20N6O2. The van der Waals surface area contributed by atoms with E-state index < -0.39 is 0 Å². The Kier molecular flexibility index (Phi) is 4.67. The van der Waals surface area contributed by atoms with Gasteiger partial charge in [-0.3, -0.25) is 4.79 Å². The number of hydrogen-bond acceptors (Lipinski definition) is 6. The average molecular weight is 424 g/mol. The zero-order valence-electron chi connectivity index (χ0n) is 17.5. The Hall–Kier alpha value is -4.46. The van der Waals surface area contributed by atoms with Crippen LogP contribution in [0.5, 0.6) is 0 Å². The molecule has 2 aromatic carbocycles. The molecular weight excluding hydrogens is 404 g/mol. The molecule has 5 rings (SSSR count). The van der Waals surface area contributed by atoms with Crippen molar-refractivity contribution in [1.29, 1.82) is 0 Å². The minimum atomic E-state index is -0.382. The first kappa shape index (κ1) is 19.5. The molecule has 3 aromatic heterocycles. The van der Waals surface area contributed by atoms with Gasteiger partial charge in [0.25, 0.3) is 5.91 Å². The number of furan rings is 1. The number of anilines is 2. The largest absolute Gasteiger partial charge is 0.463 e. The minimum Gasteiger partial charge on any atom is -0.463 e. The summed E-state index contributed by atoms with van der Waals surface area (Å²) < 4.78 is 6.72. The predicted molar refractivity (Wildman–Crippen MR) is 125 cm³/mol. The van der Waals surface area contributed by atoms with Gasteiger partial charge in [0, 0.05) is 5.69 Å². The molecule has 0 aliphatic carbocycles. The number of nitrogens with one attached hydrogen (secondary N) is 1. The highest BCUT2D eigenvalue weighted by Gasteiger charge is 2.24. The fraction of sp³-hybridized carbons (Fsp3) is 0.0833. The molecule has 32 heavy (non-hydrogen) atoms. The predicted octanol–water partition coefficient (Wildman–Crippen LogP) is 4.51. The van der Waals surface area contributed by atoms with Gasteiger partial charge in [-0.2, -0.15) is 9.78 Å². The monoisotopic (exact) mass is 424 g/mol. The van der Waals surface area contributed by atoms with E-state index in [-0.39, 0.29) is 17.3 Å². The zero-order valence-corrected chi connectivity index (χ0v) is 17.5. The highest BCUT2D eigenvalue weighted by molar-refractivity contribution is 6.16. The van der Waals surface area contributed by atoms with Crippen molar-refractivity contribution in [3.8, 4) is 0 Å². The van der Waals surface area contributed by atoms with Gasteiger partial charge < -0.3 is 15.5 Å².